The zero-order valence-corrected chi connectivity index (χ0v) is 19.9. The maximum atomic E-state index is 2.99. The molecule has 1 saturated carbocycles. The van der Waals surface area contributed by atoms with Gasteiger partial charge in [0.25, 0.3) is 0 Å². The molecule has 1 rings (SSSR count). The SMILES string of the molecule is CCC[CH2][Sn]([CH2]CCC)([CH2]CCC)[C@H](I)C1CCCCC1. The summed E-state index contributed by atoms with van der Waals surface area (Å²) >= 11 is 1.04. The molecule has 1 aliphatic carbocycles. The molecule has 0 heterocycles. The molecule has 0 amide bonds. The average molecular weight is 513 g/mol. The van der Waals surface area contributed by atoms with Crippen LogP contribution in [0.2, 0.25) is 13.3 Å². The van der Waals surface area contributed by atoms with Crippen LogP contribution in [-0.2, 0) is 0 Å². The molecule has 0 aromatic carbocycles. The van der Waals surface area contributed by atoms with E-state index in [2.05, 4.69) is 43.4 Å². The zero-order chi connectivity index (χ0) is 15.6. The summed E-state index contributed by atoms with van der Waals surface area (Å²) in [6, 6.07) is 0. The summed E-state index contributed by atoms with van der Waals surface area (Å²) in [4.78, 5) is 0. The fourth-order valence-corrected chi connectivity index (χ4v) is 28.7. The van der Waals surface area contributed by atoms with Crippen molar-refractivity contribution in [1.82, 2.24) is 0 Å². The maximum absolute atomic E-state index is 2.99. The molecule has 0 aliphatic heterocycles. The minimum atomic E-state index is -1.94. The van der Waals surface area contributed by atoms with Gasteiger partial charge in [-0.25, -0.2) is 0 Å². The Morgan fingerprint density at radius 1 is 0.810 bits per heavy atom. The van der Waals surface area contributed by atoms with Gasteiger partial charge in [0.05, 0.1) is 0 Å². The van der Waals surface area contributed by atoms with E-state index in [1.807, 2.05) is 0 Å². The number of unbranched alkanes of at least 4 members (excludes halogenated alkanes) is 3. The molecule has 0 radical (unpaired) electrons. The molecule has 1 atom stereocenters. The zero-order valence-electron chi connectivity index (χ0n) is 14.9. The summed E-state index contributed by atoms with van der Waals surface area (Å²) in [5, 5.41) is 0. The third kappa shape index (κ3) is 6.89. The molecule has 0 unspecified atom stereocenters. The first-order valence-electron chi connectivity index (χ1n) is 9.84. The molecule has 0 nitrogen and oxygen atoms in total. The van der Waals surface area contributed by atoms with Gasteiger partial charge in [0.15, 0.2) is 0 Å². The molecule has 0 bridgehead atoms. The normalized spacial score (nSPS) is 18.9. The Bertz CT molecular complexity index is 226. The van der Waals surface area contributed by atoms with Crippen molar-refractivity contribution in [3.63, 3.8) is 0 Å². The van der Waals surface area contributed by atoms with Crippen molar-refractivity contribution in [2.45, 2.75) is 107 Å². The standard InChI is InChI=1S/C7H12I.3C4H9.Sn/c8-6-7-4-2-1-3-5-7;3*1-3-4-2;/h6-7H,1-5H2;3*1,3-4H2,2H3;. The van der Waals surface area contributed by atoms with Crippen LogP contribution < -0.4 is 0 Å². The van der Waals surface area contributed by atoms with E-state index >= 15 is 0 Å². The summed E-state index contributed by atoms with van der Waals surface area (Å²) < 4.78 is 6.25. The molecule has 0 aromatic rings. The van der Waals surface area contributed by atoms with E-state index < -0.39 is 18.4 Å². The minimum absolute atomic E-state index is 1.11. The topological polar surface area (TPSA) is 0 Å². The summed E-state index contributed by atoms with van der Waals surface area (Å²) in [5.74, 6) is 1.11. The number of alkyl halides is 1. The second kappa shape index (κ2) is 12.0. The molecule has 2 heteroatoms. The Hall–Kier alpha value is 1.53. The fourth-order valence-electron chi connectivity index (χ4n) is 4.30. The van der Waals surface area contributed by atoms with E-state index in [0.717, 1.165) is 7.86 Å². The Kier molecular flexibility index (Phi) is 11.7. The van der Waals surface area contributed by atoms with Crippen molar-refractivity contribution in [1.29, 1.82) is 0 Å². The van der Waals surface area contributed by atoms with Crippen molar-refractivity contribution in [3.8, 4) is 0 Å². The van der Waals surface area contributed by atoms with Gasteiger partial charge in [0.1, 0.15) is 0 Å². The van der Waals surface area contributed by atoms with Crippen LogP contribution in [0.4, 0.5) is 0 Å². The average Bonchev–Trinajstić information content (AvgIpc) is 2.55. The van der Waals surface area contributed by atoms with Gasteiger partial charge >= 0.3 is 154 Å². The fraction of sp³-hybridized carbons (Fsp3) is 1.00. The quantitative estimate of drug-likeness (QED) is 0.151. The first kappa shape index (κ1) is 20.6. The molecule has 0 N–H and O–H groups in total. The molecular weight excluding hydrogens is 474 g/mol. The van der Waals surface area contributed by atoms with Gasteiger partial charge in [0.2, 0.25) is 0 Å². The van der Waals surface area contributed by atoms with E-state index in [1.54, 1.807) is 26.2 Å². The molecule has 1 fully saturated rings. The van der Waals surface area contributed by atoms with E-state index in [0.29, 0.717) is 0 Å². The summed E-state index contributed by atoms with van der Waals surface area (Å²) in [6.07, 6.45) is 16.6. The summed E-state index contributed by atoms with van der Waals surface area (Å²) in [7, 11) is 0. The second-order valence-electron chi connectivity index (χ2n) is 7.47. The van der Waals surface area contributed by atoms with Crippen LogP contribution in [0.3, 0.4) is 0 Å². The number of hydrogen-bond donors (Lipinski definition) is 0. The first-order chi connectivity index (χ1) is 10.2. The van der Waals surface area contributed by atoms with Crippen LogP contribution in [0.15, 0.2) is 0 Å². The molecule has 126 valence electrons. The Balaban J connectivity index is 2.81. The van der Waals surface area contributed by atoms with Gasteiger partial charge in [-0.15, -0.1) is 0 Å². The molecular formula is C19H39ISn. The Morgan fingerprint density at radius 2 is 1.24 bits per heavy atom. The monoisotopic (exact) mass is 514 g/mol. The van der Waals surface area contributed by atoms with Crippen LogP contribution in [0.1, 0.15) is 91.4 Å². The molecule has 0 spiro atoms. The molecule has 1 aliphatic rings. The van der Waals surface area contributed by atoms with Crippen molar-refractivity contribution < 1.29 is 0 Å². The summed E-state index contributed by atoms with van der Waals surface area (Å²) in [6.45, 7) is 7.21. The van der Waals surface area contributed by atoms with Gasteiger partial charge in [-0.1, -0.05) is 0 Å². The molecule has 21 heavy (non-hydrogen) atoms. The number of halogens is 1. The molecule has 0 saturated heterocycles. The van der Waals surface area contributed by atoms with E-state index in [1.165, 1.54) is 57.8 Å². The number of rotatable bonds is 11. The van der Waals surface area contributed by atoms with Gasteiger partial charge in [-0.2, -0.15) is 0 Å². The van der Waals surface area contributed by atoms with Crippen LogP contribution in [-0.4, -0.2) is 20.3 Å². The Labute approximate surface area is 152 Å². The van der Waals surface area contributed by atoms with Crippen LogP contribution in [0.25, 0.3) is 0 Å². The summed E-state index contributed by atoms with van der Waals surface area (Å²) in [5.41, 5.74) is 0. The second-order valence-corrected chi connectivity index (χ2v) is 26.0. The van der Waals surface area contributed by atoms with Gasteiger partial charge in [-0.05, 0) is 0 Å². The van der Waals surface area contributed by atoms with Crippen molar-refractivity contribution in [2.75, 3.05) is 0 Å². The van der Waals surface area contributed by atoms with Gasteiger partial charge < -0.3 is 0 Å². The third-order valence-corrected chi connectivity index (χ3v) is 31.9. The predicted octanol–water partition coefficient (Wildman–Crippen LogP) is 7.76. The van der Waals surface area contributed by atoms with Crippen LogP contribution >= 0.6 is 22.6 Å². The molecule has 0 aromatic heterocycles. The van der Waals surface area contributed by atoms with Crippen molar-refractivity contribution in [3.05, 3.63) is 0 Å². The van der Waals surface area contributed by atoms with Gasteiger partial charge in [0, 0.05) is 0 Å². The van der Waals surface area contributed by atoms with Crippen molar-refractivity contribution >= 4 is 41.0 Å². The Morgan fingerprint density at radius 3 is 1.62 bits per heavy atom. The predicted molar refractivity (Wildman–Crippen MR) is 109 cm³/mol. The van der Waals surface area contributed by atoms with Crippen LogP contribution in [0.5, 0.6) is 0 Å². The number of hydrogen-bond acceptors (Lipinski definition) is 0. The van der Waals surface area contributed by atoms with Crippen molar-refractivity contribution in [2.24, 2.45) is 5.92 Å². The van der Waals surface area contributed by atoms with Crippen LogP contribution in [0, 0.1) is 5.92 Å². The van der Waals surface area contributed by atoms with Gasteiger partial charge in [-0.3, -0.25) is 0 Å². The van der Waals surface area contributed by atoms with E-state index in [9.17, 15) is 0 Å². The first-order valence-corrected chi connectivity index (χ1v) is 18.8. The third-order valence-electron chi connectivity index (χ3n) is 5.73. The van der Waals surface area contributed by atoms with E-state index in [-0.39, 0.29) is 0 Å². The van der Waals surface area contributed by atoms with E-state index in [4.69, 9.17) is 0 Å².